The summed E-state index contributed by atoms with van der Waals surface area (Å²) in [6, 6.07) is 7.84. The van der Waals surface area contributed by atoms with Gasteiger partial charge in [-0.1, -0.05) is 12.1 Å². The van der Waals surface area contributed by atoms with Gasteiger partial charge in [-0.25, -0.2) is 0 Å². The van der Waals surface area contributed by atoms with Gasteiger partial charge in [-0.05, 0) is 44.0 Å². The van der Waals surface area contributed by atoms with E-state index in [4.69, 9.17) is 4.74 Å². The lowest BCUT2D eigenvalue weighted by Gasteiger charge is -2.29. The molecule has 0 spiro atoms. The van der Waals surface area contributed by atoms with Gasteiger partial charge in [-0.2, -0.15) is 0 Å². The number of benzene rings is 1. The molecule has 4 heteroatoms. The van der Waals surface area contributed by atoms with E-state index < -0.39 is 0 Å². The van der Waals surface area contributed by atoms with Crippen LogP contribution in [0.1, 0.15) is 19.3 Å². The molecule has 1 unspecified atom stereocenters. The van der Waals surface area contributed by atoms with E-state index >= 15 is 0 Å². The number of piperidine rings is 1. The highest BCUT2D eigenvalue weighted by atomic mass is 16.5. The Labute approximate surface area is 113 Å². The van der Waals surface area contributed by atoms with Crippen molar-refractivity contribution >= 4 is 11.6 Å². The van der Waals surface area contributed by atoms with Gasteiger partial charge in [0, 0.05) is 6.54 Å². The Morgan fingerprint density at radius 2 is 2.26 bits per heavy atom. The summed E-state index contributed by atoms with van der Waals surface area (Å²) in [6.07, 6.45) is 2.86. The molecule has 102 valence electrons. The summed E-state index contributed by atoms with van der Waals surface area (Å²) >= 11 is 0. The highest BCUT2D eigenvalue weighted by Crippen LogP contribution is 2.32. The summed E-state index contributed by atoms with van der Waals surface area (Å²) in [4.78, 5) is 14.2. The van der Waals surface area contributed by atoms with Crippen LogP contribution in [0.15, 0.2) is 24.3 Å². The summed E-state index contributed by atoms with van der Waals surface area (Å²) in [5.74, 6) is 1.55. The average Bonchev–Trinajstić information content (AvgIpc) is 2.61. The molecule has 1 N–H and O–H groups in total. The zero-order valence-electron chi connectivity index (χ0n) is 11.1. The zero-order valence-corrected chi connectivity index (χ0v) is 11.1. The van der Waals surface area contributed by atoms with Crippen molar-refractivity contribution in [3.63, 3.8) is 0 Å². The largest absolute Gasteiger partial charge is 0.491 e. The summed E-state index contributed by atoms with van der Waals surface area (Å²) < 4.78 is 5.66. The average molecular weight is 260 g/mol. The molecule has 1 aromatic rings. The summed E-state index contributed by atoms with van der Waals surface area (Å²) in [5, 5.41) is 3.41. The molecule has 1 aromatic carbocycles. The van der Waals surface area contributed by atoms with Crippen molar-refractivity contribution in [1.82, 2.24) is 5.32 Å². The normalized spacial score (nSPS) is 23.5. The van der Waals surface area contributed by atoms with Crippen LogP contribution in [0.3, 0.4) is 0 Å². The maximum Gasteiger partial charge on any atom is 0.230 e. The summed E-state index contributed by atoms with van der Waals surface area (Å²) in [6.45, 7) is 3.39. The van der Waals surface area contributed by atoms with Crippen LogP contribution in [0.25, 0.3) is 0 Å². The third-order valence-electron chi connectivity index (χ3n) is 3.87. The van der Waals surface area contributed by atoms with Crippen LogP contribution < -0.4 is 15.0 Å². The van der Waals surface area contributed by atoms with E-state index in [0.29, 0.717) is 18.9 Å². The van der Waals surface area contributed by atoms with Crippen LogP contribution in [-0.2, 0) is 4.79 Å². The Kier molecular flexibility index (Phi) is 3.69. The molecule has 2 aliphatic heterocycles. The highest BCUT2D eigenvalue weighted by molar-refractivity contribution is 5.95. The van der Waals surface area contributed by atoms with Crippen molar-refractivity contribution < 1.29 is 9.53 Å². The lowest BCUT2D eigenvalue weighted by atomic mass is 9.98. The van der Waals surface area contributed by atoms with Crippen molar-refractivity contribution in [2.45, 2.75) is 19.3 Å². The number of carbonyl (C=O) groups is 1. The molecule has 1 fully saturated rings. The van der Waals surface area contributed by atoms with E-state index in [9.17, 15) is 4.79 Å². The van der Waals surface area contributed by atoms with Crippen LogP contribution in [-0.4, -0.2) is 32.1 Å². The van der Waals surface area contributed by atoms with E-state index in [1.807, 2.05) is 29.2 Å². The molecule has 2 aliphatic rings. The van der Waals surface area contributed by atoms with Gasteiger partial charge >= 0.3 is 0 Å². The molecular weight excluding hydrogens is 240 g/mol. The van der Waals surface area contributed by atoms with Crippen molar-refractivity contribution in [3.05, 3.63) is 24.3 Å². The van der Waals surface area contributed by atoms with Gasteiger partial charge in [0.25, 0.3) is 0 Å². The van der Waals surface area contributed by atoms with Gasteiger partial charge in [0.2, 0.25) is 5.91 Å². The molecule has 0 bridgehead atoms. The molecule has 1 atom stereocenters. The van der Waals surface area contributed by atoms with Crippen LogP contribution in [0.2, 0.25) is 0 Å². The van der Waals surface area contributed by atoms with Gasteiger partial charge in [0.15, 0.2) is 0 Å². The Bertz CT molecular complexity index is 455. The van der Waals surface area contributed by atoms with Crippen molar-refractivity contribution in [2.24, 2.45) is 5.92 Å². The molecule has 3 rings (SSSR count). The number of amides is 1. The van der Waals surface area contributed by atoms with E-state index in [0.717, 1.165) is 31.1 Å². The maximum absolute atomic E-state index is 12.3. The number of carbonyl (C=O) groups excluding carboxylic acids is 1. The van der Waals surface area contributed by atoms with Gasteiger partial charge in [0.1, 0.15) is 5.75 Å². The number of anilines is 1. The van der Waals surface area contributed by atoms with Crippen LogP contribution in [0.5, 0.6) is 5.75 Å². The predicted octanol–water partition coefficient (Wildman–Crippen LogP) is 1.80. The number of hydrogen-bond donors (Lipinski definition) is 1. The number of ether oxygens (including phenoxy) is 1. The molecule has 1 saturated heterocycles. The second-order valence-electron chi connectivity index (χ2n) is 5.28. The Morgan fingerprint density at radius 1 is 1.37 bits per heavy atom. The van der Waals surface area contributed by atoms with Crippen LogP contribution in [0.4, 0.5) is 5.69 Å². The van der Waals surface area contributed by atoms with E-state index in [1.54, 1.807) is 0 Å². The third-order valence-corrected chi connectivity index (χ3v) is 3.87. The number of nitrogens with zero attached hydrogens (tertiary/aromatic N) is 1. The molecule has 0 aromatic heterocycles. The lowest BCUT2D eigenvalue weighted by Crippen LogP contribution is -2.41. The number of hydrogen-bond acceptors (Lipinski definition) is 3. The van der Waals surface area contributed by atoms with Crippen molar-refractivity contribution in [1.29, 1.82) is 0 Å². The second kappa shape index (κ2) is 5.61. The van der Waals surface area contributed by atoms with Gasteiger partial charge in [0.05, 0.1) is 18.7 Å². The minimum Gasteiger partial charge on any atom is -0.491 e. The highest BCUT2D eigenvalue weighted by Gasteiger charge is 2.26. The molecule has 1 amide bonds. The van der Waals surface area contributed by atoms with Crippen molar-refractivity contribution in [3.8, 4) is 5.75 Å². The minimum atomic E-state index is 0.176. The molecular formula is C15H20N2O2. The first-order valence-corrected chi connectivity index (χ1v) is 7.07. The molecule has 2 heterocycles. The minimum absolute atomic E-state index is 0.176. The van der Waals surface area contributed by atoms with Gasteiger partial charge in [-0.15, -0.1) is 0 Å². The number of para-hydroxylation sites is 2. The smallest absolute Gasteiger partial charge is 0.230 e. The van der Waals surface area contributed by atoms with E-state index in [2.05, 4.69) is 5.32 Å². The van der Waals surface area contributed by atoms with E-state index in [1.165, 1.54) is 12.8 Å². The topological polar surface area (TPSA) is 41.6 Å². The predicted molar refractivity (Wildman–Crippen MR) is 74.5 cm³/mol. The number of rotatable bonds is 2. The van der Waals surface area contributed by atoms with Crippen molar-refractivity contribution in [2.75, 3.05) is 31.1 Å². The second-order valence-corrected chi connectivity index (χ2v) is 5.28. The number of nitrogens with one attached hydrogen (secondary N) is 1. The summed E-state index contributed by atoms with van der Waals surface area (Å²) in [5.41, 5.74) is 0.926. The monoisotopic (exact) mass is 260 g/mol. The first kappa shape index (κ1) is 12.5. The zero-order chi connectivity index (χ0) is 13.1. The first-order valence-electron chi connectivity index (χ1n) is 7.07. The summed E-state index contributed by atoms with van der Waals surface area (Å²) in [7, 11) is 0. The molecule has 0 radical (unpaired) electrons. The fourth-order valence-electron chi connectivity index (χ4n) is 2.86. The molecule has 0 aliphatic carbocycles. The number of fused-ring (bicyclic) bond motifs is 1. The standard InChI is InChI=1S/C15H20N2O2/c18-15-7-9-19-14-6-2-1-5-13(14)17(15)11-12-4-3-8-16-10-12/h1-2,5-6,12,16H,3-4,7-11H2. The maximum atomic E-state index is 12.3. The fourth-order valence-corrected chi connectivity index (χ4v) is 2.86. The first-order chi connectivity index (χ1) is 9.34. The molecule has 4 nitrogen and oxygen atoms in total. The molecule has 19 heavy (non-hydrogen) atoms. The van der Waals surface area contributed by atoms with Crippen LogP contribution in [0, 0.1) is 5.92 Å². The molecule has 0 saturated carbocycles. The Morgan fingerprint density at radius 3 is 3.11 bits per heavy atom. The fraction of sp³-hybridized carbons (Fsp3) is 0.533. The van der Waals surface area contributed by atoms with E-state index in [-0.39, 0.29) is 5.91 Å². The lowest BCUT2D eigenvalue weighted by molar-refractivity contribution is -0.118. The van der Waals surface area contributed by atoms with Gasteiger partial charge < -0.3 is 15.0 Å². The SMILES string of the molecule is O=C1CCOc2ccccc2N1CC1CCCNC1. The quantitative estimate of drug-likeness (QED) is 0.881. The Hall–Kier alpha value is -1.55. The third kappa shape index (κ3) is 2.73. The Balaban J connectivity index is 1.82. The van der Waals surface area contributed by atoms with Gasteiger partial charge in [-0.3, -0.25) is 4.79 Å². The van der Waals surface area contributed by atoms with Crippen LogP contribution >= 0.6 is 0 Å².